The lowest BCUT2D eigenvalue weighted by Crippen LogP contribution is -2.35. The molecule has 0 saturated heterocycles. The molecule has 1 N–H and O–H groups in total. The second-order valence-corrected chi connectivity index (χ2v) is 6.98. The van der Waals surface area contributed by atoms with Crippen molar-refractivity contribution in [2.75, 3.05) is 31.3 Å². The molecule has 2 aromatic carbocycles. The number of H-pyrrole nitrogens is 1. The molecule has 0 radical (unpaired) electrons. The molecule has 8 heteroatoms. The number of esters is 1. The molecule has 2 heterocycles. The van der Waals surface area contributed by atoms with Crippen LogP contribution in [0.25, 0.3) is 10.9 Å². The van der Waals surface area contributed by atoms with Crippen LogP contribution in [0.2, 0.25) is 0 Å². The fourth-order valence-corrected chi connectivity index (χ4v) is 3.46. The summed E-state index contributed by atoms with van der Waals surface area (Å²) in [5.74, 6) is 0.224. The smallest absolute Gasteiger partial charge is 0.310 e. The van der Waals surface area contributed by atoms with Crippen LogP contribution in [-0.4, -0.2) is 43.2 Å². The van der Waals surface area contributed by atoms with Crippen molar-refractivity contribution >= 4 is 28.5 Å². The third kappa shape index (κ3) is 4.61. The van der Waals surface area contributed by atoms with E-state index >= 15 is 0 Å². The number of nitriles is 1. The number of anilines is 1. The summed E-state index contributed by atoms with van der Waals surface area (Å²) in [6.45, 7) is 0.653. The molecule has 31 heavy (non-hydrogen) atoms. The second-order valence-electron chi connectivity index (χ2n) is 6.98. The summed E-state index contributed by atoms with van der Waals surface area (Å²) >= 11 is 0. The number of rotatable bonds is 7. The summed E-state index contributed by atoms with van der Waals surface area (Å²) in [4.78, 5) is 29.7. The summed E-state index contributed by atoms with van der Waals surface area (Å²) in [6.07, 6.45) is 1.96. The first-order chi connectivity index (χ1) is 15.2. The van der Waals surface area contributed by atoms with E-state index in [-0.39, 0.29) is 19.4 Å². The zero-order valence-corrected chi connectivity index (χ0v) is 16.8. The fourth-order valence-electron chi connectivity index (χ4n) is 3.46. The average Bonchev–Trinajstić information content (AvgIpc) is 3.20. The molecule has 0 unspecified atom stereocenters. The molecule has 0 saturated carbocycles. The monoisotopic (exact) mass is 419 g/mol. The highest BCUT2D eigenvalue weighted by atomic mass is 16.6. The predicted octanol–water partition coefficient (Wildman–Crippen LogP) is 2.97. The van der Waals surface area contributed by atoms with Crippen LogP contribution in [0.5, 0.6) is 11.5 Å². The number of ether oxygens (including phenoxy) is 3. The maximum Gasteiger partial charge on any atom is 0.310 e. The van der Waals surface area contributed by atoms with Crippen LogP contribution in [0.15, 0.2) is 48.7 Å². The van der Waals surface area contributed by atoms with Crippen molar-refractivity contribution in [1.82, 2.24) is 4.98 Å². The predicted molar refractivity (Wildman–Crippen MR) is 113 cm³/mol. The number of carbonyl (C=O) groups is 2. The van der Waals surface area contributed by atoms with Crippen LogP contribution in [-0.2, 0) is 20.7 Å². The van der Waals surface area contributed by atoms with Gasteiger partial charge in [-0.2, -0.15) is 5.26 Å². The van der Waals surface area contributed by atoms with Gasteiger partial charge in [0.15, 0.2) is 18.1 Å². The number of benzene rings is 2. The van der Waals surface area contributed by atoms with E-state index in [2.05, 4.69) is 4.98 Å². The van der Waals surface area contributed by atoms with E-state index in [0.717, 1.165) is 16.5 Å². The van der Waals surface area contributed by atoms with Crippen molar-refractivity contribution in [3.05, 3.63) is 54.2 Å². The van der Waals surface area contributed by atoms with Crippen molar-refractivity contribution in [2.45, 2.75) is 12.8 Å². The van der Waals surface area contributed by atoms with Crippen molar-refractivity contribution < 1.29 is 23.8 Å². The van der Waals surface area contributed by atoms with E-state index in [0.29, 0.717) is 30.4 Å². The number of hydrogen-bond acceptors (Lipinski definition) is 6. The first-order valence-electron chi connectivity index (χ1n) is 9.93. The molecule has 0 atom stereocenters. The maximum atomic E-state index is 12.8. The van der Waals surface area contributed by atoms with Gasteiger partial charge in [0.2, 0.25) is 0 Å². The van der Waals surface area contributed by atoms with Crippen molar-refractivity contribution in [1.29, 1.82) is 5.26 Å². The Morgan fingerprint density at radius 1 is 1.13 bits per heavy atom. The maximum absolute atomic E-state index is 12.8. The molecule has 0 fully saturated rings. The Morgan fingerprint density at radius 2 is 1.94 bits per heavy atom. The Balaban J connectivity index is 1.41. The van der Waals surface area contributed by atoms with E-state index in [4.69, 9.17) is 19.5 Å². The largest absolute Gasteiger partial charge is 0.486 e. The van der Waals surface area contributed by atoms with Gasteiger partial charge < -0.3 is 24.1 Å². The number of para-hydroxylation sites is 1. The van der Waals surface area contributed by atoms with E-state index in [9.17, 15) is 9.59 Å². The number of carbonyl (C=O) groups excluding carboxylic acids is 2. The molecule has 4 rings (SSSR count). The molecule has 1 aromatic heterocycles. The second kappa shape index (κ2) is 9.22. The molecule has 1 amide bonds. The van der Waals surface area contributed by atoms with Gasteiger partial charge in [0, 0.05) is 35.4 Å². The van der Waals surface area contributed by atoms with Gasteiger partial charge in [-0.3, -0.25) is 9.59 Å². The van der Waals surface area contributed by atoms with Crippen molar-refractivity contribution in [3.63, 3.8) is 0 Å². The van der Waals surface area contributed by atoms with Gasteiger partial charge in [-0.25, -0.2) is 0 Å². The topological polar surface area (TPSA) is 105 Å². The number of fused-ring (bicyclic) bond motifs is 2. The number of aromatic nitrogens is 1. The van der Waals surface area contributed by atoms with Gasteiger partial charge >= 0.3 is 5.97 Å². The van der Waals surface area contributed by atoms with Crippen LogP contribution in [0.1, 0.15) is 12.0 Å². The van der Waals surface area contributed by atoms with Gasteiger partial charge in [-0.1, -0.05) is 18.2 Å². The lowest BCUT2D eigenvalue weighted by molar-refractivity contribution is -0.147. The quantitative estimate of drug-likeness (QED) is 0.591. The minimum absolute atomic E-state index is 0.0551. The SMILES string of the molecule is N#CCCN(C(=O)COC(=O)Cc1c[nH]c2ccccc12)c1ccc2c(c1)OCCO2. The summed E-state index contributed by atoms with van der Waals surface area (Å²) < 4.78 is 16.3. The van der Waals surface area contributed by atoms with E-state index in [1.165, 1.54) is 4.90 Å². The highest BCUT2D eigenvalue weighted by molar-refractivity contribution is 5.96. The van der Waals surface area contributed by atoms with Gasteiger partial charge in [0.25, 0.3) is 5.91 Å². The van der Waals surface area contributed by atoms with Crippen molar-refractivity contribution in [3.8, 4) is 17.6 Å². The summed E-state index contributed by atoms with van der Waals surface area (Å²) in [5, 5.41) is 9.91. The van der Waals surface area contributed by atoms with Crippen LogP contribution in [0, 0.1) is 11.3 Å². The van der Waals surface area contributed by atoms with E-state index in [1.54, 1.807) is 24.4 Å². The highest BCUT2D eigenvalue weighted by Crippen LogP contribution is 2.34. The first-order valence-corrected chi connectivity index (χ1v) is 9.93. The highest BCUT2D eigenvalue weighted by Gasteiger charge is 2.21. The van der Waals surface area contributed by atoms with Crippen LogP contribution >= 0.6 is 0 Å². The van der Waals surface area contributed by atoms with Gasteiger partial charge in [0.05, 0.1) is 18.9 Å². The normalized spacial score (nSPS) is 12.2. The van der Waals surface area contributed by atoms with E-state index < -0.39 is 18.5 Å². The van der Waals surface area contributed by atoms with Crippen LogP contribution in [0.3, 0.4) is 0 Å². The molecular weight excluding hydrogens is 398 g/mol. The molecule has 1 aliphatic rings. The minimum atomic E-state index is -0.500. The first kappa shape index (κ1) is 20.3. The third-order valence-electron chi connectivity index (χ3n) is 4.95. The minimum Gasteiger partial charge on any atom is -0.486 e. The van der Waals surface area contributed by atoms with Gasteiger partial charge in [-0.15, -0.1) is 0 Å². The van der Waals surface area contributed by atoms with E-state index in [1.807, 2.05) is 30.3 Å². The molecule has 1 aliphatic heterocycles. The van der Waals surface area contributed by atoms with Gasteiger partial charge in [-0.05, 0) is 23.8 Å². The molecule has 0 bridgehead atoms. The number of nitrogens with one attached hydrogen (secondary N) is 1. The molecule has 3 aromatic rings. The lowest BCUT2D eigenvalue weighted by Gasteiger charge is -2.24. The summed E-state index contributed by atoms with van der Waals surface area (Å²) in [7, 11) is 0. The van der Waals surface area contributed by atoms with Crippen molar-refractivity contribution in [2.24, 2.45) is 0 Å². The Bertz CT molecular complexity index is 1150. The lowest BCUT2D eigenvalue weighted by atomic mass is 10.1. The fraction of sp³-hybridized carbons (Fsp3) is 0.261. The standard InChI is InChI=1S/C23H21N3O5/c24-8-3-9-26(17-6-7-20-21(13-17)30-11-10-29-20)22(27)15-31-23(28)12-16-14-25-19-5-2-1-4-18(16)19/h1-2,4-7,13-14,25H,3,9-12,15H2. The molecule has 0 aliphatic carbocycles. The molecule has 8 nitrogen and oxygen atoms in total. The molecular formula is C23H21N3O5. The average molecular weight is 419 g/mol. The Labute approximate surface area is 178 Å². The van der Waals surface area contributed by atoms with Gasteiger partial charge in [0.1, 0.15) is 13.2 Å². The number of amides is 1. The Hall–Kier alpha value is -3.99. The Morgan fingerprint density at radius 3 is 2.77 bits per heavy atom. The third-order valence-corrected chi connectivity index (χ3v) is 4.95. The molecule has 0 spiro atoms. The number of aromatic amines is 1. The number of nitrogens with zero attached hydrogens (tertiary/aromatic N) is 2. The number of hydrogen-bond donors (Lipinski definition) is 1. The molecule has 158 valence electrons. The zero-order chi connectivity index (χ0) is 21.6. The Kier molecular flexibility index (Phi) is 6.03. The summed E-state index contributed by atoms with van der Waals surface area (Å²) in [6, 6.07) is 14.8. The zero-order valence-electron chi connectivity index (χ0n) is 16.8. The van der Waals surface area contributed by atoms with Crippen LogP contribution < -0.4 is 14.4 Å². The van der Waals surface area contributed by atoms with Crippen LogP contribution in [0.4, 0.5) is 5.69 Å². The summed E-state index contributed by atoms with van der Waals surface area (Å²) in [5.41, 5.74) is 2.29.